The number of aromatic hydroxyl groups is 1. The molecule has 23 nitrogen and oxygen atoms in total. The zero-order valence-electron chi connectivity index (χ0n) is 41.7. The number of aliphatic carboxylic acids is 2. The fourth-order valence-corrected chi connectivity index (χ4v) is 8.30. The lowest BCUT2D eigenvalue weighted by atomic mass is 9.96. The second-order valence-electron chi connectivity index (χ2n) is 18.7. The number of imidazole rings is 1. The van der Waals surface area contributed by atoms with Gasteiger partial charge in [0.05, 0.1) is 18.8 Å². The molecule has 7 amide bonds. The van der Waals surface area contributed by atoms with Gasteiger partial charge < -0.3 is 68.6 Å². The number of aromatic nitrogens is 2. The van der Waals surface area contributed by atoms with Gasteiger partial charge in [-0.25, -0.2) is 9.78 Å². The van der Waals surface area contributed by atoms with Crippen molar-refractivity contribution in [1.82, 2.24) is 46.8 Å². The SMILES string of the molecule is CCC(C)C(NC(=O)C(Cc1ccc(O)cc1)NC(=O)C(NC(=O)C(CCCCN)NC(=O)C(N)CC(=O)O)C(C)C)C(=O)NC(Cc1cnc[nH]1)C(=O)N1CCCC1C(=O)NC(Cc1ccccc1)C(=O)O. The topological polar surface area (TPSA) is 370 Å². The number of rotatable bonds is 29. The zero-order chi connectivity index (χ0) is 53.8. The van der Waals surface area contributed by atoms with E-state index in [-0.39, 0.29) is 44.4 Å². The lowest BCUT2D eigenvalue weighted by Crippen LogP contribution is -2.62. The van der Waals surface area contributed by atoms with Gasteiger partial charge in [-0.2, -0.15) is 0 Å². The maximum absolute atomic E-state index is 14.5. The van der Waals surface area contributed by atoms with Crippen molar-refractivity contribution >= 4 is 53.3 Å². The first kappa shape index (κ1) is 58.2. The van der Waals surface area contributed by atoms with Gasteiger partial charge in [0.2, 0.25) is 41.4 Å². The highest BCUT2D eigenvalue weighted by molar-refractivity contribution is 5.98. The highest BCUT2D eigenvalue weighted by Crippen LogP contribution is 2.21. The Labute approximate surface area is 423 Å². The van der Waals surface area contributed by atoms with E-state index in [1.54, 1.807) is 58.0 Å². The molecule has 2 aromatic carbocycles. The number of phenolic OH excluding ortho intramolecular Hbond substituents is 1. The maximum atomic E-state index is 14.5. The van der Waals surface area contributed by atoms with Gasteiger partial charge in [-0.3, -0.25) is 38.4 Å². The van der Waals surface area contributed by atoms with Gasteiger partial charge in [0, 0.05) is 37.7 Å². The van der Waals surface area contributed by atoms with Crippen molar-refractivity contribution in [3.8, 4) is 5.75 Å². The molecule has 0 aliphatic carbocycles. The van der Waals surface area contributed by atoms with E-state index in [0.717, 1.165) is 0 Å². The first-order chi connectivity index (χ1) is 34.7. The van der Waals surface area contributed by atoms with Crippen molar-refractivity contribution in [2.75, 3.05) is 13.1 Å². The van der Waals surface area contributed by atoms with Crippen molar-refractivity contribution in [3.63, 3.8) is 0 Å². The molecule has 0 radical (unpaired) electrons. The summed E-state index contributed by atoms with van der Waals surface area (Å²) in [4.78, 5) is 130. The molecule has 1 aliphatic rings. The average Bonchev–Trinajstić information content (AvgIpc) is 4.07. The molecule has 1 aliphatic heterocycles. The van der Waals surface area contributed by atoms with Gasteiger partial charge in [-0.05, 0) is 73.7 Å². The summed E-state index contributed by atoms with van der Waals surface area (Å²) >= 11 is 0. The Morgan fingerprint density at radius 1 is 0.726 bits per heavy atom. The number of amides is 7. The summed E-state index contributed by atoms with van der Waals surface area (Å²) in [5.74, 6) is -9.13. The molecule has 1 saturated heterocycles. The highest BCUT2D eigenvalue weighted by atomic mass is 16.4. The highest BCUT2D eigenvalue weighted by Gasteiger charge is 2.41. The summed E-state index contributed by atoms with van der Waals surface area (Å²) in [6, 6.07) is 4.30. The number of aromatic amines is 1. The van der Waals surface area contributed by atoms with Crippen molar-refractivity contribution in [2.24, 2.45) is 23.3 Å². The van der Waals surface area contributed by atoms with Crippen LogP contribution in [0.4, 0.5) is 0 Å². The third-order valence-electron chi connectivity index (χ3n) is 12.7. The van der Waals surface area contributed by atoms with E-state index in [0.29, 0.717) is 49.0 Å². The number of benzene rings is 2. The van der Waals surface area contributed by atoms with Crippen molar-refractivity contribution in [2.45, 2.75) is 140 Å². The van der Waals surface area contributed by atoms with Gasteiger partial charge >= 0.3 is 11.9 Å². The zero-order valence-corrected chi connectivity index (χ0v) is 41.7. The summed E-state index contributed by atoms with van der Waals surface area (Å²) in [5, 5.41) is 45.2. The van der Waals surface area contributed by atoms with Gasteiger partial charge in [-0.15, -0.1) is 0 Å². The Morgan fingerprint density at radius 2 is 1.33 bits per heavy atom. The van der Waals surface area contributed by atoms with E-state index in [2.05, 4.69) is 41.9 Å². The fraction of sp³-hybridized carbons (Fsp3) is 0.520. The minimum Gasteiger partial charge on any atom is -0.508 e. The van der Waals surface area contributed by atoms with Crippen LogP contribution in [0.2, 0.25) is 0 Å². The van der Waals surface area contributed by atoms with Gasteiger partial charge in [0.1, 0.15) is 48.0 Å². The lowest BCUT2D eigenvalue weighted by Gasteiger charge is -2.32. The van der Waals surface area contributed by atoms with Crippen molar-refractivity contribution in [3.05, 3.63) is 83.9 Å². The Morgan fingerprint density at radius 3 is 1.93 bits per heavy atom. The summed E-state index contributed by atoms with van der Waals surface area (Å²) in [7, 11) is 0. The van der Waals surface area contributed by atoms with Gasteiger partial charge in [0.15, 0.2) is 0 Å². The summed E-state index contributed by atoms with van der Waals surface area (Å²) < 4.78 is 0. The van der Waals surface area contributed by atoms with Crippen LogP contribution >= 0.6 is 0 Å². The molecule has 1 aromatic heterocycles. The third kappa shape index (κ3) is 18.0. The second-order valence-corrected chi connectivity index (χ2v) is 18.7. The molecule has 9 unspecified atom stereocenters. The molecule has 14 N–H and O–H groups in total. The fourth-order valence-electron chi connectivity index (χ4n) is 8.30. The number of carboxylic acids is 2. The van der Waals surface area contributed by atoms with E-state index in [4.69, 9.17) is 16.6 Å². The number of H-pyrrole nitrogens is 1. The summed E-state index contributed by atoms with van der Waals surface area (Å²) in [6.45, 7) is 7.21. The van der Waals surface area contributed by atoms with Gasteiger partial charge in [0.25, 0.3) is 0 Å². The molecule has 0 saturated carbocycles. The molecule has 73 heavy (non-hydrogen) atoms. The van der Waals surface area contributed by atoms with E-state index in [1.807, 2.05) is 0 Å². The Kier molecular flexibility index (Phi) is 22.8. The van der Waals surface area contributed by atoms with E-state index in [1.165, 1.54) is 41.7 Å². The molecular weight excluding hydrogens is 947 g/mol. The largest absolute Gasteiger partial charge is 0.508 e. The Bertz CT molecular complexity index is 2330. The number of unbranched alkanes of at least 4 members (excludes halogenated alkanes) is 1. The number of likely N-dealkylation sites (tertiary alicyclic amines) is 1. The molecule has 0 bridgehead atoms. The first-order valence-electron chi connectivity index (χ1n) is 24.5. The van der Waals surface area contributed by atoms with Crippen LogP contribution in [0.1, 0.15) is 89.5 Å². The van der Waals surface area contributed by atoms with Crippen LogP contribution in [-0.2, 0) is 62.4 Å². The van der Waals surface area contributed by atoms with Gasteiger partial charge in [-0.1, -0.05) is 76.6 Å². The van der Waals surface area contributed by atoms with E-state index < -0.39 is 120 Å². The maximum Gasteiger partial charge on any atom is 0.326 e. The second kappa shape index (κ2) is 28.6. The number of nitrogens with one attached hydrogen (secondary N) is 7. The van der Waals surface area contributed by atoms with Crippen LogP contribution in [-0.4, -0.2) is 145 Å². The molecule has 9 atom stereocenters. The van der Waals surface area contributed by atoms with Crippen molar-refractivity contribution < 1.29 is 58.5 Å². The normalized spacial score (nSPS) is 16.6. The monoisotopic (exact) mass is 1020 g/mol. The van der Waals surface area contributed by atoms with Crippen LogP contribution in [0.5, 0.6) is 5.75 Å². The lowest BCUT2D eigenvalue weighted by molar-refractivity contribution is -0.145. The van der Waals surface area contributed by atoms with E-state index in [9.17, 15) is 53.4 Å². The van der Waals surface area contributed by atoms with Crippen LogP contribution in [0.15, 0.2) is 67.1 Å². The molecule has 2 heterocycles. The molecule has 4 rings (SSSR count). The molecule has 0 spiro atoms. The standard InChI is InChI=1S/C50H71N11O12/c1-5-29(4)42(48(70)57-37(24-32-26-53-27-54-32)49(71)61-21-11-15-39(61)46(68)58-38(50(72)73)23-30-12-7-6-8-13-30)60-45(67)36(22-31-16-18-33(62)19-17-31)56-47(69)41(28(2)3)59-44(66)35(14-9-10-20-51)55-43(65)34(52)25-40(63)64/h6-8,12-13,16-19,26-29,34-39,41-42,62H,5,9-11,14-15,20-25,51-52H2,1-4H3,(H,53,54)(H,55,65)(H,56,69)(H,57,70)(H,58,68)(H,59,66)(H,60,67)(H,63,64)(H,72,73). The predicted molar refractivity (Wildman–Crippen MR) is 266 cm³/mol. The summed E-state index contributed by atoms with van der Waals surface area (Å²) in [6.07, 6.45) is 3.89. The minimum absolute atomic E-state index is 0.00416. The predicted octanol–water partition coefficient (Wildman–Crippen LogP) is -0.239. The molecular formula is C50H71N11O12. The smallest absolute Gasteiger partial charge is 0.326 e. The quantitative estimate of drug-likeness (QED) is 0.0400. The number of carbonyl (C=O) groups is 9. The Hall–Kier alpha value is -7.40. The number of hydrogen-bond acceptors (Lipinski definition) is 13. The first-order valence-corrected chi connectivity index (χ1v) is 24.5. The third-order valence-corrected chi connectivity index (χ3v) is 12.7. The molecule has 1 fully saturated rings. The number of carboxylic acid groups (broad SMARTS) is 2. The summed E-state index contributed by atoms with van der Waals surface area (Å²) in [5.41, 5.74) is 13.1. The minimum atomic E-state index is -1.46. The number of hydrogen-bond donors (Lipinski definition) is 12. The van der Waals surface area contributed by atoms with E-state index >= 15 is 0 Å². The van der Waals surface area contributed by atoms with Crippen LogP contribution < -0.4 is 43.4 Å². The number of nitrogens with zero attached hydrogens (tertiary/aromatic N) is 2. The molecule has 3 aromatic rings. The number of nitrogens with two attached hydrogens (primary N) is 2. The molecule has 23 heteroatoms. The van der Waals surface area contributed by atoms with Crippen LogP contribution in [0, 0.1) is 11.8 Å². The Balaban J connectivity index is 1.58. The number of carbonyl (C=O) groups excluding carboxylic acids is 7. The average molecular weight is 1020 g/mol. The number of phenols is 1. The molecule has 398 valence electrons. The van der Waals surface area contributed by atoms with Crippen LogP contribution in [0.3, 0.4) is 0 Å². The van der Waals surface area contributed by atoms with Crippen LogP contribution in [0.25, 0.3) is 0 Å². The van der Waals surface area contributed by atoms with Crippen molar-refractivity contribution in [1.29, 1.82) is 0 Å².